The van der Waals surface area contributed by atoms with Gasteiger partial charge in [-0.3, -0.25) is 4.79 Å². The Labute approximate surface area is 141 Å². The van der Waals surface area contributed by atoms with Crippen LogP contribution in [0.1, 0.15) is 25.7 Å². The van der Waals surface area contributed by atoms with Gasteiger partial charge in [0.05, 0.1) is 7.11 Å². The van der Waals surface area contributed by atoms with Crippen molar-refractivity contribution in [3.05, 3.63) is 30.2 Å². The van der Waals surface area contributed by atoms with E-state index in [-0.39, 0.29) is 18.4 Å². The lowest BCUT2D eigenvalue weighted by atomic mass is 10.2. The summed E-state index contributed by atoms with van der Waals surface area (Å²) < 4.78 is 10.3. The molecule has 0 spiro atoms. The summed E-state index contributed by atoms with van der Waals surface area (Å²) in [5.41, 5.74) is 0.849. The molecule has 0 aliphatic carbocycles. The number of ether oxygens (including phenoxy) is 1. The van der Waals surface area contributed by atoms with Crippen molar-refractivity contribution in [1.82, 2.24) is 15.5 Å². The van der Waals surface area contributed by atoms with Gasteiger partial charge in [0.15, 0.2) is 0 Å². The Balaban J connectivity index is 1.78. The van der Waals surface area contributed by atoms with Crippen molar-refractivity contribution < 1.29 is 19.2 Å². The maximum atomic E-state index is 11.7. The molecular formula is C17H23N3O4. The van der Waals surface area contributed by atoms with Crippen molar-refractivity contribution in [3.63, 3.8) is 0 Å². The summed E-state index contributed by atoms with van der Waals surface area (Å²) in [5, 5.41) is 15.7. The minimum Gasteiger partial charge on any atom is -0.497 e. The van der Waals surface area contributed by atoms with Crippen LogP contribution in [0.4, 0.5) is 0 Å². The van der Waals surface area contributed by atoms with Crippen molar-refractivity contribution in [2.45, 2.75) is 26.2 Å². The average molecular weight is 333 g/mol. The topological polar surface area (TPSA) is 97.5 Å². The van der Waals surface area contributed by atoms with Gasteiger partial charge in [0.2, 0.25) is 17.6 Å². The van der Waals surface area contributed by atoms with E-state index in [2.05, 4.69) is 15.5 Å². The SMILES string of the molecule is COc1ccc(-c2noc(CCCC(=O)NC[C@@H](C)CO)n2)cc1. The summed E-state index contributed by atoms with van der Waals surface area (Å²) in [5.74, 6) is 1.83. The molecule has 130 valence electrons. The zero-order valence-corrected chi connectivity index (χ0v) is 14.0. The first-order chi connectivity index (χ1) is 11.6. The van der Waals surface area contributed by atoms with E-state index < -0.39 is 0 Å². The fourth-order valence-electron chi connectivity index (χ4n) is 2.05. The van der Waals surface area contributed by atoms with Crippen LogP contribution >= 0.6 is 0 Å². The first-order valence-corrected chi connectivity index (χ1v) is 7.97. The van der Waals surface area contributed by atoms with Gasteiger partial charge in [-0.15, -0.1) is 0 Å². The van der Waals surface area contributed by atoms with Crippen LogP contribution in [0.2, 0.25) is 0 Å². The van der Waals surface area contributed by atoms with Gasteiger partial charge in [-0.05, 0) is 36.6 Å². The number of hydrogen-bond acceptors (Lipinski definition) is 6. The molecule has 1 aromatic carbocycles. The van der Waals surface area contributed by atoms with Gasteiger partial charge in [0.1, 0.15) is 5.75 Å². The van der Waals surface area contributed by atoms with Crippen molar-refractivity contribution in [3.8, 4) is 17.1 Å². The van der Waals surface area contributed by atoms with E-state index in [1.165, 1.54) is 0 Å². The average Bonchev–Trinajstić information content (AvgIpc) is 3.08. The molecule has 0 unspecified atom stereocenters. The number of nitrogens with zero attached hydrogens (tertiary/aromatic N) is 2. The van der Waals surface area contributed by atoms with Gasteiger partial charge in [0.25, 0.3) is 0 Å². The molecule has 7 nitrogen and oxygen atoms in total. The Bertz CT molecular complexity index is 640. The van der Waals surface area contributed by atoms with Crippen LogP contribution in [0.15, 0.2) is 28.8 Å². The van der Waals surface area contributed by atoms with Gasteiger partial charge >= 0.3 is 0 Å². The molecule has 0 fully saturated rings. The van der Waals surface area contributed by atoms with Gasteiger partial charge in [0, 0.05) is 31.6 Å². The Hall–Kier alpha value is -2.41. The molecule has 0 aliphatic rings. The maximum absolute atomic E-state index is 11.7. The highest BCUT2D eigenvalue weighted by molar-refractivity contribution is 5.75. The molecular weight excluding hydrogens is 310 g/mol. The molecule has 0 saturated carbocycles. The Morgan fingerprint density at radius 2 is 2.12 bits per heavy atom. The number of methoxy groups -OCH3 is 1. The number of aliphatic hydroxyl groups excluding tert-OH is 1. The third-order valence-electron chi connectivity index (χ3n) is 3.57. The number of hydrogen-bond donors (Lipinski definition) is 2. The monoisotopic (exact) mass is 333 g/mol. The quantitative estimate of drug-likeness (QED) is 0.726. The minimum absolute atomic E-state index is 0.0369. The molecule has 2 aromatic rings. The van der Waals surface area contributed by atoms with E-state index in [0.29, 0.717) is 37.5 Å². The van der Waals surface area contributed by atoms with E-state index in [1.807, 2.05) is 31.2 Å². The molecule has 1 amide bonds. The van der Waals surface area contributed by atoms with Crippen LogP contribution < -0.4 is 10.1 Å². The van der Waals surface area contributed by atoms with Gasteiger partial charge in [-0.1, -0.05) is 12.1 Å². The largest absolute Gasteiger partial charge is 0.497 e. The van der Waals surface area contributed by atoms with Crippen LogP contribution in [0.3, 0.4) is 0 Å². The van der Waals surface area contributed by atoms with Crippen molar-refractivity contribution in [2.75, 3.05) is 20.3 Å². The predicted octanol–water partition coefficient (Wildman–Crippen LogP) is 1.81. The number of aliphatic hydroxyl groups is 1. The third-order valence-corrected chi connectivity index (χ3v) is 3.57. The number of aromatic nitrogens is 2. The summed E-state index contributed by atoms with van der Waals surface area (Å²) >= 11 is 0. The lowest BCUT2D eigenvalue weighted by Gasteiger charge is -2.08. The molecule has 0 bridgehead atoms. The second kappa shape index (κ2) is 9.02. The highest BCUT2D eigenvalue weighted by Gasteiger charge is 2.10. The summed E-state index contributed by atoms with van der Waals surface area (Å²) in [6.07, 6.45) is 1.56. The molecule has 0 radical (unpaired) electrons. The summed E-state index contributed by atoms with van der Waals surface area (Å²) in [6.45, 7) is 2.42. The van der Waals surface area contributed by atoms with Gasteiger partial charge in [-0.2, -0.15) is 4.98 Å². The zero-order valence-electron chi connectivity index (χ0n) is 14.0. The van der Waals surface area contributed by atoms with Crippen molar-refractivity contribution >= 4 is 5.91 Å². The smallest absolute Gasteiger partial charge is 0.226 e. The maximum Gasteiger partial charge on any atom is 0.226 e. The van der Waals surface area contributed by atoms with Gasteiger partial charge < -0.3 is 19.7 Å². The van der Waals surface area contributed by atoms with Gasteiger partial charge in [-0.25, -0.2) is 0 Å². The predicted molar refractivity (Wildman–Crippen MR) is 88.5 cm³/mol. The van der Waals surface area contributed by atoms with Crippen LogP contribution in [0, 0.1) is 5.92 Å². The van der Waals surface area contributed by atoms with Crippen molar-refractivity contribution in [1.29, 1.82) is 0 Å². The van der Waals surface area contributed by atoms with Crippen LogP contribution in [0.25, 0.3) is 11.4 Å². The lowest BCUT2D eigenvalue weighted by Crippen LogP contribution is -2.29. The molecule has 1 atom stereocenters. The Morgan fingerprint density at radius 1 is 1.38 bits per heavy atom. The second-order valence-electron chi connectivity index (χ2n) is 5.69. The highest BCUT2D eigenvalue weighted by atomic mass is 16.5. The molecule has 7 heteroatoms. The number of carbonyl (C=O) groups is 1. The molecule has 2 N–H and O–H groups in total. The fourth-order valence-corrected chi connectivity index (χ4v) is 2.05. The van der Waals surface area contributed by atoms with Crippen LogP contribution in [-0.2, 0) is 11.2 Å². The zero-order chi connectivity index (χ0) is 17.4. The minimum atomic E-state index is -0.0369. The number of nitrogens with one attached hydrogen (secondary N) is 1. The first-order valence-electron chi connectivity index (χ1n) is 7.97. The second-order valence-corrected chi connectivity index (χ2v) is 5.69. The summed E-state index contributed by atoms with van der Waals surface area (Å²) in [7, 11) is 1.61. The van der Waals surface area contributed by atoms with Crippen LogP contribution in [0.5, 0.6) is 5.75 Å². The Morgan fingerprint density at radius 3 is 2.79 bits per heavy atom. The molecule has 0 saturated heterocycles. The summed E-state index contributed by atoms with van der Waals surface area (Å²) in [4.78, 5) is 16.0. The first kappa shape index (κ1) is 17.9. The van der Waals surface area contributed by atoms with E-state index >= 15 is 0 Å². The number of rotatable bonds is 9. The molecule has 1 heterocycles. The third kappa shape index (κ3) is 5.34. The number of benzene rings is 1. The fraction of sp³-hybridized carbons (Fsp3) is 0.471. The molecule has 0 aliphatic heterocycles. The molecule has 2 rings (SSSR count). The molecule has 1 aromatic heterocycles. The van der Waals surface area contributed by atoms with E-state index in [0.717, 1.165) is 11.3 Å². The number of carbonyl (C=O) groups excluding carboxylic acids is 1. The van der Waals surface area contributed by atoms with E-state index in [1.54, 1.807) is 7.11 Å². The standard InChI is InChI=1S/C17H23N3O4/c1-12(11-21)10-18-15(22)4-3-5-16-19-17(20-24-16)13-6-8-14(23-2)9-7-13/h6-9,12,21H,3-5,10-11H2,1-2H3,(H,18,22)/t12-/m1/s1. The highest BCUT2D eigenvalue weighted by Crippen LogP contribution is 2.20. The number of aryl methyl sites for hydroxylation is 1. The normalized spacial score (nSPS) is 12.0. The van der Waals surface area contributed by atoms with Crippen LogP contribution in [-0.4, -0.2) is 41.4 Å². The molecule has 24 heavy (non-hydrogen) atoms. The van der Waals surface area contributed by atoms with E-state index in [4.69, 9.17) is 14.4 Å². The van der Waals surface area contributed by atoms with Crippen molar-refractivity contribution in [2.24, 2.45) is 5.92 Å². The summed E-state index contributed by atoms with van der Waals surface area (Å²) in [6, 6.07) is 7.40. The van der Waals surface area contributed by atoms with E-state index in [9.17, 15) is 4.79 Å². The lowest BCUT2D eigenvalue weighted by molar-refractivity contribution is -0.121. The number of amides is 1. The Kier molecular flexibility index (Phi) is 6.74.